The van der Waals surface area contributed by atoms with Crippen LogP contribution in [0.1, 0.15) is 96.6 Å². The molecule has 4 nitrogen and oxygen atoms in total. The number of nitrogens with zero attached hydrogens (tertiary/aromatic N) is 3. The van der Waals surface area contributed by atoms with E-state index >= 15 is 0 Å². The SMILES string of the molecule is CCc1cccc2c1-n1nc3c(c1C1(C)C2=CC(C)c2[nH]ccc21)CN(Cc1cc(C(F)(F)F)ccc1C(F)(F)F)C3(C)C. The van der Waals surface area contributed by atoms with Crippen LogP contribution in [0.3, 0.4) is 0 Å². The number of halogens is 6. The number of fused-ring (bicyclic) bond motifs is 10. The molecule has 44 heavy (non-hydrogen) atoms. The van der Waals surface area contributed by atoms with Gasteiger partial charge in [-0.1, -0.05) is 38.1 Å². The highest BCUT2D eigenvalue weighted by Crippen LogP contribution is 2.58. The fourth-order valence-corrected chi connectivity index (χ4v) is 7.74. The number of aryl methyl sites for hydroxylation is 1. The van der Waals surface area contributed by atoms with E-state index in [0.717, 1.165) is 57.0 Å². The van der Waals surface area contributed by atoms with Crippen LogP contribution in [0.25, 0.3) is 11.3 Å². The molecule has 0 bridgehead atoms. The number of alkyl halides is 6. The Hall–Kier alpha value is -3.79. The van der Waals surface area contributed by atoms with Gasteiger partial charge in [0.25, 0.3) is 0 Å². The van der Waals surface area contributed by atoms with Gasteiger partial charge in [0, 0.05) is 42.0 Å². The molecule has 3 aliphatic rings. The van der Waals surface area contributed by atoms with Gasteiger partial charge in [0.2, 0.25) is 0 Å². The first-order valence-electron chi connectivity index (χ1n) is 14.8. The van der Waals surface area contributed by atoms with Crippen molar-refractivity contribution in [2.24, 2.45) is 0 Å². The van der Waals surface area contributed by atoms with Crippen LogP contribution in [0, 0.1) is 0 Å². The smallest absolute Gasteiger partial charge is 0.364 e. The highest BCUT2D eigenvalue weighted by Gasteiger charge is 2.53. The van der Waals surface area contributed by atoms with E-state index in [4.69, 9.17) is 5.10 Å². The molecule has 2 aromatic heterocycles. The van der Waals surface area contributed by atoms with Crippen molar-refractivity contribution >= 4 is 5.57 Å². The molecule has 0 radical (unpaired) electrons. The third-order valence-electron chi connectivity index (χ3n) is 10.0. The number of H-pyrrole nitrogens is 1. The minimum atomic E-state index is -4.80. The Morgan fingerprint density at radius 3 is 2.41 bits per heavy atom. The summed E-state index contributed by atoms with van der Waals surface area (Å²) in [6, 6.07) is 10.1. The molecule has 1 N–H and O–H groups in total. The summed E-state index contributed by atoms with van der Waals surface area (Å²) in [5.74, 6) is 0.137. The molecule has 10 heteroatoms. The second-order valence-corrected chi connectivity index (χ2v) is 12.8. The van der Waals surface area contributed by atoms with E-state index in [2.05, 4.69) is 56.1 Å². The lowest BCUT2D eigenvalue weighted by molar-refractivity contribution is -0.142. The van der Waals surface area contributed by atoms with Gasteiger partial charge in [-0.25, -0.2) is 4.68 Å². The largest absolute Gasteiger partial charge is 0.416 e. The quantitative estimate of drug-likeness (QED) is 0.235. The summed E-state index contributed by atoms with van der Waals surface area (Å²) in [4.78, 5) is 5.23. The van der Waals surface area contributed by atoms with Crippen LogP contribution in [-0.4, -0.2) is 19.7 Å². The van der Waals surface area contributed by atoms with Crippen molar-refractivity contribution in [1.29, 1.82) is 0 Å². The summed E-state index contributed by atoms with van der Waals surface area (Å²) in [6.45, 7) is 10.1. The number of hydrogen-bond donors (Lipinski definition) is 1. The van der Waals surface area contributed by atoms with Crippen LogP contribution in [-0.2, 0) is 42.8 Å². The van der Waals surface area contributed by atoms with Gasteiger partial charge in [0.15, 0.2) is 0 Å². The summed E-state index contributed by atoms with van der Waals surface area (Å²) in [5.41, 5.74) is 5.17. The predicted molar refractivity (Wildman–Crippen MR) is 155 cm³/mol. The maximum atomic E-state index is 14.0. The number of allylic oxidation sites excluding steroid dienone is 2. The van der Waals surface area contributed by atoms with Crippen LogP contribution in [0.5, 0.6) is 0 Å². The van der Waals surface area contributed by atoms with Crippen LogP contribution in [0.4, 0.5) is 26.3 Å². The van der Waals surface area contributed by atoms with E-state index in [9.17, 15) is 26.3 Å². The first-order valence-corrected chi connectivity index (χ1v) is 14.8. The lowest BCUT2D eigenvalue weighted by atomic mass is 9.63. The molecule has 7 rings (SSSR count). The number of benzene rings is 2. The van der Waals surface area contributed by atoms with Crippen LogP contribution in [0.2, 0.25) is 0 Å². The molecule has 0 amide bonds. The van der Waals surface area contributed by atoms with Gasteiger partial charge in [0.1, 0.15) is 0 Å². The Bertz CT molecular complexity index is 1850. The Labute approximate surface area is 251 Å². The average molecular weight is 611 g/mol. The summed E-state index contributed by atoms with van der Waals surface area (Å²) in [6.07, 6.45) is -4.55. The molecular weight excluding hydrogens is 578 g/mol. The molecule has 1 aliphatic carbocycles. The molecule has 4 heterocycles. The zero-order valence-electron chi connectivity index (χ0n) is 25.0. The first-order chi connectivity index (χ1) is 20.6. The molecule has 230 valence electrons. The lowest BCUT2D eigenvalue weighted by Crippen LogP contribution is -2.39. The molecular formula is C34H32F6N4. The predicted octanol–water partition coefficient (Wildman–Crippen LogP) is 8.87. The van der Waals surface area contributed by atoms with E-state index < -0.39 is 40.0 Å². The molecule has 0 saturated carbocycles. The number of aromatic nitrogens is 3. The van der Waals surface area contributed by atoms with Crippen molar-refractivity contribution in [3.05, 3.63) is 111 Å². The maximum absolute atomic E-state index is 14.0. The standard InChI is InChI=1S/C34H32F6N4/c1-6-19-8-7-9-22-26-14-18(2)27-25(12-13-41-27)32(26,5)30-23-17-43(31(3,4)29(23)42-44(30)28(19)22)16-20-15-21(33(35,36)37)10-11-24(20)34(38,39)40/h7-15,18,41H,6,16-17H2,1-5H3. The first kappa shape index (κ1) is 29.0. The number of nitrogens with one attached hydrogen (secondary N) is 1. The number of para-hydroxylation sites is 1. The lowest BCUT2D eigenvalue weighted by Gasteiger charge is -2.43. The third kappa shape index (κ3) is 3.85. The molecule has 2 aromatic carbocycles. The zero-order chi connectivity index (χ0) is 31.6. The van der Waals surface area contributed by atoms with E-state index in [0.29, 0.717) is 18.2 Å². The van der Waals surface area contributed by atoms with Gasteiger partial charge in [0.05, 0.1) is 39.2 Å². The Morgan fingerprint density at radius 1 is 0.977 bits per heavy atom. The minimum absolute atomic E-state index is 0.137. The van der Waals surface area contributed by atoms with E-state index in [1.165, 1.54) is 0 Å². The summed E-state index contributed by atoms with van der Waals surface area (Å²) >= 11 is 0. The maximum Gasteiger partial charge on any atom is 0.416 e. The van der Waals surface area contributed by atoms with Gasteiger partial charge in [-0.15, -0.1) is 0 Å². The van der Waals surface area contributed by atoms with Gasteiger partial charge >= 0.3 is 12.4 Å². The van der Waals surface area contributed by atoms with E-state index in [-0.39, 0.29) is 19.0 Å². The molecule has 0 saturated heterocycles. The Morgan fingerprint density at radius 2 is 1.73 bits per heavy atom. The van der Waals surface area contributed by atoms with Crippen LogP contribution >= 0.6 is 0 Å². The fraction of sp³-hybridized carbons (Fsp3) is 0.382. The van der Waals surface area contributed by atoms with Crippen molar-refractivity contribution in [2.45, 2.75) is 83.4 Å². The summed E-state index contributed by atoms with van der Waals surface area (Å²) < 4.78 is 85.0. The molecule has 2 unspecified atom stereocenters. The molecule has 2 aliphatic heterocycles. The van der Waals surface area contributed by atoms with Crippen molar-refractivity contribution < 1.29 is 26.3 Å². The Balaban J connectivity index is 1.42. The summed E-state index contributed by atoms with van der Waals surface area (Å²) in [5, 5.41) is 5.20. The topological polar surface area (TPSA) is 36.9 Å². The third-order valence-corrected chi connectivity index (χ3v) is 10.0. The van der Waals surface area contributed by atoms with E-state index in [1.807, 2.05) is 29.6 Å². The number of aromatic amines is 1. The summed E-state index contributed by atoms with van der Waals surface area (Å²) in [7, 11) is 0. The van der Waals surface area contributed by atoms with Gasteiger partial charge in [-0.2, -0.15) is 31.4 Å². The number of hydrogen-bond acceptors (Lipinski definition) is 2. The molecule has 4 aromatic rings. The second kappa shape index (κ2) is 9.12. The van der Waals surface area contributed by atoms with Gasteiger partial charge in [-0.3, -0.25) is 4.90 Å². The van der Waals surface area contributed by atoms with Crippen molar-refractivity contribution in [1.82, 2.24) is 19.7 Å². The molecule has 0 spiro atoms. The van der Waals surface area contributed by atoms with Crippen molar-refractivity contribution in [3.63, 3.8) is 0 Å². The monoisotopic (exact) mass is 610 g/mol. The molecule has 0 fully saturated rings. The van der Waals surface area contributed by atoms with Crippen LogP contribution < -0.4 is 0 Å². The van der Waals surface area contributed by atoms with Gasteiger partial charge in [-0.05, 0) is 73.7 Å². The zero-order valence-corrected chi connectivity index (χ0v) is 25.0. The second-order valence-electron chi connectivity index (χ2n) is 12.8. The van der Waals surface area contributed by atoms with E-state index in [1.54, 1.807) is 0 Å². The van der Waals surface area contributed by atoms with Gasteiger partial charge < -0.3 is 4.98 Å². The average Bonchev–Trinajstić information content (AvgIpc) is 3.65. The normalized spacial score (nSPS) is 22.2. The van der Waals surface area contributed by atoms with Crippen molar-refractivity contribution in [2.75, 3.05) is 0 Å². The Kier molecular flexibility index (Phi) is 6.00. The highest BCUT2D eigenvalue weighted by molar-refractivity contribution is 5.89. The highest BCUT2D eigenvalue weighted by atomic mass is 19.4. The number of rotatable bonds is 3. The van der Waals surface area contributed by atoms with Crippen LogP contribution in [0.15, 0.2) is 54.7 Å². The minimum Gasteiger partial charge on any atom is -0.364 e. The fourth-order valence-electron chi connectivity index (χ4n) is 7.74. The molecule has 2 atom stereocenters. The van der Waals surface area contributed by atoms with Crippen molar-refractivity contribution in [3.8, 4) is 5.69 Å².